The maximum Gasteiger partial charge on any atom is 0.134 e. The zero-order chi connectivity index (χ0) is 9.97. The van der Waals surface area contributed by atoms with Gasteiger partial charge in [-0.1, -0.05) is 24.3 Å². The molecule has 0 aliphatic heterocycles. The van der Waals surface area contributed by atoms with Gasteiger partial charge in [0.1, 0.15) is 5.76 Å². The Morgan fingerprint density at radius 2 is 1.93 bits per heavy atom. The molecule has 2 N–H and O–H groups in total. The second-order valence-corrected chi connectivity index (χ2v) is 3.35. The third-order valence-corrected chi connectivity index (χ3v) is 2.24. The Kier molecular flexibility index (Phi) is 2.37. The summed E-state index contributed by atoms with van der Waals surface area (Å²) in [5.74, 6) is 0.873. The van der Waals surface area contributed by atoms with E-state index in [9.17, 15) is 0 Å². The first-order chi connectivity index (χ1) is 6.79. The van der Waals surface area contributed by atoms with Gasteiger partial charge < -0.3 is 10.2 Å². The molecule has 0 saturated carbocycles. The van der Waals surface area contributed by atoms with E-state index in [4.69, 9.17) is 10.2 Å². The van der Waals surface area contributed by atoms with Crippen molar-refractivity contribution in [1.29, 1.82) is 0 Å². The largest absolute Gasteiger partial charge is 0.464 e. The average molecular weight is 187 g/mol. The molecular weight excluding hydrogens is 174 g/mol. The topological polar surface area (TPSA) is 39.2 Å². The van der Waals surface area contributed by atoms with Gasteiger partial charge in [0.2, 0.25) is 0 Å². The molecule has 0 aliphatic carbocycles. The lowest BCUT2D eigenvalue weighted by Crippen LogP contribution is -2.06. The summed E-state index contributed by atoms with van der Waals surface area (Å²) in [5, 5.41) is 0. The fraction of sp³-hybridized carbons (Fsp3) is 0.167. The Hall–Kier alpha value is -1.54. The quantitative estimate of drug-likeness (QED) is 0.785. The van der Waals surface area contributed by atoms with E-state index in [1.165, 1.54) is 0 Å². The number of benzene rings is 1. The van der Waals surface area contributed by atoms with Crippen LogP contribution in [-0.4, -0.2) is 0 Å². The Morgan fingerprint density at radius 1 is 1.14 bits per heavy atom. The van der Waals surface area contributed by atoms with Gasteiger partial charge in [-0.05, 0) is 24.6 Å². The van der Waals surface area contributed by atoms with Crippen molar-refractivity contribution >= 4 is 0 Å². The van der Waals surface area contributed by atoms with Crippen molar-refractivity contribution in [3.63, 3.8) is 0 Å². The fourth-order valence-electron chi connectivity index (χ4n) is 1.55. The molecule has 1 aromatic heterocycles. The number of nitrogens with two attached hydrogens (primary N) is 1. The minimum absolute atomic E-state index is 0.0244. The molecule has 0 radical (unpaired) electrons. The molecule has 1 atom stereocenters. The van der Waals surface area contributed by atoms with Crippen LogP contribution in [0.25, 0.3) is 11.3 Å². The second kappa shape index (κ2) is 3.68. The summed E-state index contributed by atoms with van der Waals surface area (Å²) >= 11 is 0. The van der Waals surface area contributed by atoms with Crippen LogP contribution in [0.5, 0.6) is 0 Å². The summed E-state index contributed by atoms with van der Waals surface area (Å²) in [4.78, 5) is 0. The standard InChI is InChI=1S/C12H13NO/c1-9(13)10-5-2-3-6-11(10)12-7-4-8-14-12/h2-9H,13H2,1H3. The monoisotopic (exact) mass is 187 g/mol. The molecule has 2 nitrogen and oxygen atoms in total. The van der Waals surface area contributed by atoms with Crippen molar-refractivity contribution in [2.75, 3.05) is 0 Å². The van der Waals surface area contributed by atoms with Crippen molar-refractivity contribution in [2.24, 2.45) is 5.73 Å². The molecule has 14 heavy (non-hydrogen) atoms. The normalized spacial score (nSPS) is 12.7. The molecule has 2 rings (SSSR count). The number of hydrogen-bond acceptors (Lipinski definition) is 2. The summed E-state index contributed by atoms with van der Waals surface area (Å²) < 4.78 is 5.35. The molecule has 1 unspecified atom stereocenters. The summed E-state index contributed by atoms with van der Waals surface area (Å²) in [5.41, 5.74) is 8.07. The van der Waals surface area contributed by atoms with Gasteiger partial charge in [0.15, 0.2) is 0 Å². The van der Waals surface area contributed by atoms with Gasteiger partial charge in [-0.15, -0.1) is 0 Å². The second-order valence-electron chi connectivity index (χ2n) is 3.35. The van der Waals surface area contributed by atoms with Gasteiger partial charge in [0, 0.05) is 11.6 Å². The minimum atomic E-state index is 0.0244. The number of furan rings is 1. The first-order valence-corrected chi connectivity index (χ1v) is 4.67. The zero-order valence-electron chi connectivity index (χ0n) is 8.10. The fourth-order valence-corrected chi connectivity index (χ4v) is 1.55. The highest BCUT2D eigenvalue weighted by Crippen LogP contribution is 2.27. The van der Waals surface area contributed by atoms with E-state index in [0.717, 1.165) is 16.9 Å². The van der Waals surface area contributed by atoms with E-state index >= 15 is 0 Å². The highest BCUT2D eigenvalue weighted by atomic mass is 16.3. The van der Waals surface area contributed by atoms with Crippen LogP contribution in [0.1, 0.15) is 18.5 Å². The first-order valence-electron chi connectivity index (χ1n) is 4.67. The average Bonchev–Trinajstić information content (AvgIpc) is 2.70. The lowest BCUT2D eigenvalue weighted by Gasteiger charge is -2.10. The van der Waals surface area contributed by atoms with Gasteiger partial charge >= 0.3 is 0 Å². The van der Waals surface area contributed by atoms with Crippen LogP contribution >= 0.6 is 0 Å². The molecule has 0 aliphatic rings. The molecule has 2 heteroatoms. The van der Waals surface area contributed by atoms with Gasteiger partial charge in [0.05, 0.1) is 6.26 Å². The van der Waals surface area contributed by atoms with Crippen molar-refractivity contribution in [2.45, 2.75) is 13.0 Å². The van der Waals surface area contributed by atoms with E-state index in [0.29, 0.717) is 0 Å². The third-order valence-electron chi connectivity index (χ3n) is 2.24. The van der Waals surface area contributed by atoms with Crippen LogP contribution in [0.4, 0.5) is 0 Å². The van der Waals surface area contributed by atoms with E-state index in [-0.39, 0.29) is 6.04 Å². The molecule has 0 amide bonds. The third kappa shape index (κ3) is 1.56. The summed E-state index contributed by atoms with van der Waals surface area (Å²) in [6.45, 7) is 1.97. The minimum Gasteiger partial charge on any atom is -0.464 e. The van der Waals surface area contributed by atoms with Gasteiger partial charge in [-0.25, -0.2) is 0 Å². The highest BCUT2D eigenvalue weighted by Gasteiger charge is 2.09. The lowest BCUT2D eigenvalue weighted by molar-refractivity contribution is 0.580. The maximum absolute atomic E-state index is 5.88. The van der Waals surface area contributed by atoms with Crippen molar-refractivity contribution in [3.8, 4) is 11.3 Å². The predicted molar refractivity (Wildman–Crippen MR) is 56.7 cm³/mol. The Morgan fingerprint density at radius 3 is 2.57 bits per heavy atom. The predicted octanol–water partition coefficient (Wildman–Crippen LogP) is 2.97. The molecule has 1 aromatic carbocycles. The van der Waals surface area contributed by atoms with Crippen LogP contribution in [0, 0.1) is 0 Å². The van der Waals surface area contributed by atoms with Crippen LogP contribution in [0.2, 0.25) is 0 Å². The van der Waals surface area contributed by atoms with E-state index in [1.807, 2.05) is 43.3 Å². The molecule has 0 fully saturated rings. The van der Waals surface area contributed by atoms with Gasteiger partial charge in [-0.3, -0.25) is 0 Å². The Labute approximate surface area is 83.4 Å². The molecule has 0 bridgehead atoms. The molecular formula is C12H13NO. The van der Waals surface area contributed by atoms with E-state index in [2.05, 4.69) is 0 Å². The van der Waals surface area contributed by atoms with Crippen LogP contribution in [-0.2, 0) is 0 Å². The Balaban J connectivity index is 2.53. The molecule has 72 valence electrons. The Bertz CT molecular complexity index is 404. The van der Waals surface area contributed by atoms with E-state index in [1.54, 1.807) is 6.26 Å². The SMILES string of the molecule is CC(N)c1ccccc1-c1ccco1. The van der Waals surface area contributed by atoms with Crippen LogP contribution in [0.15, 0.2) is 47.1 Å². The van der Waals surface area contributed by atoms with Gasteiger partial charge in [0.25, 0.3) is 0 Å². The van der Waals surface area contributed by atoms with Crippen molar-refractivity contribution in [3.05, 3.63) is 48.2 Å². The zero-order valence-corrected chi connectivity index (χ0v) is 8.10. The molecule has 0 spiro atoms. The maximum atomic E-state index is 5.88. The summed E-state index contributed by atoms with van der Waals surface area (Å²) in [6, 6.07) is 11.9. The van der Waals surface area contributed by atoms with Crippen molar-refractivity contribution in [1.82, 2.24) is 0 Å². The molecule has 0 saturated heterocycles. The van der Waals surface area contributed by atoms with E-state index < -0.39 is 0 Å². The molecule has 1 heterocycles. The number of hydrogen-bond donors (Lipinski definition) is 1. The summed E-state index contributed by atoms with van der Waals surface area (Å²) in [7, 11) is 0. The molecule has 2 aromatic rings. The lowest BCUT2D eigenvalue weighted by atomic mass is 10.0. The first kappa shape index (κ1) is 9.03. The number of rotatable bonds is 2. The van der Waals surface area contributed by atoms with Crippen LogP contribution < -0.4 is 5.73 Å². The highest BCUT2D eigenvalue weighted by molar-refractivity contribution is 5.62. The van der Waals surface area contributed by atoms with Gasteiger partial charge in [-0.2, -0.15) is 0 Å². The van der Waals surface area contributed by atoms with Crippen molar-refractivity contribution < 1.29 is 4.42 Å². The smallest absolute Gasteiger partial charge is 0.134 e. The van der Waals surface area contributed by atoms with Crippen LogP contribution in [0.3, 0.4) is 0 Å². The summed E-state index contributed by atoms with van der Waals surface area (Å²) in [6.07, 6.45) is 1.67.